The Labute approximate surface area is 192 Å². The largest absolute Gasteiger partial charge is 0.357 e. The number of hydrogen-bond acceptors (Lipinski definition) is 3. The number of likely N-dealkylation sites (tertiary alicyclic amines) is 1. The summed E-state index contributed by atoms with van der Waals surface area (Å²) < 4.78 is 0. The molecule has 0 bridgehead atoms. The molecule has 1 saturated heterocycles. The molecule has 1 aromatic carbocycles. The number of pyridine rings is 1. The number of nitrogens with zero attached hydrogens (tertiary/aromatic N) is 3. The predicted molar refractivity (Wildman–Crippen MR) is 132 cm³/mol. The van der Waals surface area contributed by atoms with E-state index in [9.17, 15) is 0 Å². The molecule has 0 radical (unpaired) electrons. The van der Waals surface area contributed by atoms with Crippen LogP contribution in [0.4, 0.5) is 0 Å². The summed E-state index contributed by atoms with van der Waals surface area (Å²) >= 11 is 0. The molecule has 5 nitrogen and oxygen atoms in total. The van der Waals surface area contributed by atoms with Crippen LogP contribution in [-0.4, -0.2) is 41.5 Å². The fourth-order valence-corrected chi connectivity index (χ4v) is 3.69. The molecule has 1 fully saturated rings. The molecule has 3 rings (SSSR count). The molecule has 0 atom stereocenters. The van der Waals surface area contributed by atoms with Gasteiger partial charge >= 0.3 is 0 Å². The average Bonchev–Trinajstić information content (AvgIpc) is 2.74. The van der Waals surface area contributed by atoms with Crippen molar-refractivity contribution in [1.29, 1.82) is 0 Å². The van der Waals surface area contributed by atoms with Crippen molar-refractivity contribution in [3.8, 4) is 0 Å². The van der Waals surface area contributed by atoms with E-state index in [0.29, 0.717) is 6.04 Å². The zero-order valence-corrected chi connectivity index (χ0v) is 19.9. The Kier molecular flexibility index (Phi) is 10.4. The third kappa shape index (κ3) is 7.59. The van der Waals surface area contributed by atoms with Gasteiger partial charge in [0.15, 0.2) is 5.96 Å². The van der Waals surface area contributed by atoms with Crippen LogP contribution in [-0.2, 0) is 19.5 Å². The number of hydrogen-bond donors (Lipinski definition) is 2. The van der Waals surface area contributed by atoms with Crippen LogP contribution in [0.2, 0.25) is 0 Å². The average molecular weight is 507 g/mol. The van der Waals surface area contributed by atoms with E-state index in [1.54, 1.807) is 0 Å². The number of nitrogens with one attached hydrogen (secondary N) is 2. The zero-order valence-electron chi connectivity index (χ0n) is 17.6. The first-order valence-electron chi connectivity index (χ1n) is 10.5. The van der Waals surface area contributed by atoms with Gasteiger partial charge in [-0.3, -0.25) is 9.88 Å². The monoisotopic (exact) mass is 507 g/mol. The Balaban J connectivity index is 0.00000300. The summed E-state index contributed by atoms with van der Waals surface area (Å²) in [5.74, 6) is 0.927. The smallest absolute Gasteiger partial charge is 0.191 e. The van der Waals surface area contributed by atoms with Crippen LogP contribution in [0.3, 0.4) is 0 Å². The van der Waals surface area contributed by atoms with Crippen molar-refractivity contribution in [2.45, 2.75) is 52.2 Å². The third-order valence-corrected chi connectivity index (χ3v) is 5.29. The first-order valence-corrected chi connectivity index (χ1v) is 10.5. The van der Waals surface area contributed by atoms with E-state index >= 15 is 0 Å². The molecule has 6 heteroatoms. The predicted octanol–water partition coefficient (Wildman–Crippen LogP) is 3.98. The van der Waals surface area contributed by atoms with Gasteiger partial charge < -0.3 is 10.6 Å². The van der Waals surface area contributed by atoms with Crippen molar-refractivity contribution in [3.05, 3.63) is 65.5 Å². The molecular weight excluding hydrogens is 473 g/mol. The summed E-state index contributed by atoms with van der Waals surface area (Å²) in [7, 11) is 0. The fraction of sp³-hybridized carbons (Fsp3) is 0.478. The lowest BCUT2D eigenvalue weighted by molar-refractivity contribution is 0.196. The summed E-state index contributed by atoms with van der Waals surface area (Å²) in [5, 5.41) is 7.05. The number of piperidine rings is 1. The molecule has 29 heavy (non-hydrogen) atoms. The summed E-state index contributed by atoms with van der Waals surface area (Å²) in [6, 6.07) is 15.2. The Morgan fingerprint density at radius 2 is 1.79 bits per heavy atom. The van der Waals surface area contributed by atoms with E-state index in [4.69, 9.17) is 4.99 Å². The molecule has 2 heterocycles. The minimum absolute atomic E-state index is 0. The highest BCUT2D eigenvalue weighted by molar-refractivity contribution is 14.0. The molecule has 0 spiro atoms. The zero-order chi connectivity index (χ0) is 19.6. The second-order valence-electron chi connectivity index (χ2n) is 7.33. The van der Waals surface area contributed by atoms with Crippen molar-refractivity contribution in [1.82, 2.24) is 20.5 Å². The first-order chi connectivity index (χ1) is 13.8. The van der Waals surface area contributed by atoms with Gasteiger partial charge in [0.2, 0.25) is 0 Å². The SMILES string of the molecule is CCNC(=NCc1ccccc1CC)NC1CCN(Cc2ccccn2)CC1.I. The minimum atomic E-state index is 0. The number of aryl methyl sites for hydroxylation is 1. The number of benzene rings is 1. The molecule has 0 amide bonds. The normalized spacial score (nSPS) is 15.6. The van der Waals surface area contributed by atoms with Crippen molar-refractivity contribution in [2.24, 2.45) is 4.99 Å². The number of halogens is 1. The second kappa shape index (κ2) is 12.8. The van der Waals surface area contributed by atoms with Crippen LogP contribution in [0.1, 0.15) is 43.5 Å². The topological polar surface area (TPSA) is 52.6 Å². The summed E-state index contributed by atoms with van der Waals surface area (Å²) in [6.45, 7) is 9.03. The molecule has 1 aromatic heterocycles. The fourth-order valence-electron chi connectivity index (χ4n) is 3.69. The number of aromatic nitrogens is 1. The van der Waals surface area contributed by atoms with Crippen molar-refractivity contribution < 1.29 is 0 Å². The van der Waals surface area contributed by atoms with Gasteiger partial charge in [-0.1, -0.05) is 37.3 Å². The van der Waals surface area contributed by atoms with Crippen LogP contribution in [0, 0.1) is 0 Å². The third-order valence-electron chi connectivity index (χ3n) is 5.29. The first kappa shape index (κ1) is 23.6. The molecule has 0 saturated carbocycles. The lowest BCUT2D eigenvalue weighted by Crippen LogP contribution is -2.48. The number of guanidine groups is 1. The van der Waals surface area contributed by atoms with Gasteiger partial charge in [0, 0.05) is 38.4 Å². The Hall–Kier alpha value is -1.67. The van der Waals surface area contributed by atoms with E-state index in [1.165, 1.54) is 11.1 Å². The Bertz CT molecular complexity index is 742. The quantitative estimate of drug-likeness (QED) is 0.338. The molecule has 2 aromatic rings. The second-order valence-corrected chi connectivity index (χ2v) is 7.33. The van der Waals surface area contributed by atoms with Crippen molar-refractivity contribution in [2.75, 3.05) is 19.6 Å². The van der Waals surface area contributed by atoms with Crippen LogP contribution in [0.5, 0.6) is 0 Å². The van der Waals surface area contributed by atoms with Crippen LogP contribution < -0.4 is 10.6 Å². The summed E-state index contributed by atoms with van der Waals surface area (Å²) in [5.41, 5.74) is 3.84. The molecule has 0 unspecified atom stereocenters. The van der Waals surface area contributed by atoms with E-state index in [0.717, 1.165) is 63.6 Å². The summed E-state index contributed by atoms with van der Waals surface area (Å²) in [6.07, 6.45) is 5.18. The minimum Gasteiger partial charge on any atom is -0.357 e. The van der Waals surface area contributed by atoms with Crippen LogP contribution in [0.15, 0.2) is 53.7 Å². The van der Waals surface area contributed by atoms with Gasteiger partial charge in [-0.2, -0.15) is 0 Å². The van der Waals surface area contributed by atoms with Crippen molar-refractivity contribution in [3.63, 3.8) is 0 Å². The van der Waals surface area contributed by atoms with E-state index in [1.807, 2.05) is 12.3 Å². The highest BCUT2D eigenvalue weighted by Gasteiger charge is 2.20. The van der Waals surface area contributed by atoms with E-state index < -0.39 is 0 Å². The van der Waals surface area contributed by atoms with Gasteiger partial charge in [0.25, 0.3) is 0 Å². The van der Waals surface area contributed by atoms with Gasteiger partial charge in [-0.15, -0.1) is 24.0 Å². The lowest BCUT2D eigenvalue weighted by atomic mass is 10.0. The van der Waals surface area contributed by atoms with Crippen molar-refractivity contribution >= 4 is 29.9 Å². The highest BCUT2D eigenvalue weighted by atomic mass is 127. The van der Waals surface area contributed by atoms with Gasteiger partial charge in [-0.05, 0) is 49.4 Å². The molecule has 1 aliphatic heterocycles. The number of rotatable bonds is 7. The maximum Gasteiger partial charge on any atom is 0.191 e. The lowest BCUT2D eigenvalue weighted by Gasteiger charge is -2.32. The summed E-state index contributed by atoms with van der Waals surface area (Å²) in [4.78, 5) is 11.8. The standard InChI is InChI=1S/C23H33N5.HI/c1-3-19-9-5-6-10-20(19)17-26-23(24-4-2)27-21-12-15-28(16-13-21)18-22-11-7-8-14-25-22;/h5-11,14,21H,3-4,12-13,15-18H2,1-2H3,(H2,24,26,27);1H. The highest BCUT2D eigenvalue weighted by Crippen LogP contribution is 2.14. The van der Waals surface area contributed by atoms with E-state index in [-0.39, 0.29) is 24.0 Å². The Morgan fingerprint density at radius 3 is 2.45 bits per heavy atom. The Morgan fingerprint density at radius 1 is 1.07 bits per heavy atom. The van der Waals surface area contributed by atoms with E-state index in [2.05, 4.69) is 70.8 Å². The molecule has 0 aliphatic carbocycles. The molecule has 158 valence electrons. The molecular formula is C23H34IN5. The van der Waals surface area contributed by atoms with Gasteiger partial charge in [0.1, 0.15) is 0 Å². The molecule has 2 N–H and O–H groups in total. The number of aliphatic imine (C=N–C) groups is 1. The van der Waals surface area contributed by atoms with Gasteiger partial charge in [-0.25, -0.2) is 4.99 Å². The van der Waals surface area contributed by atoms with Crippen LogP contribution in [0.25, 0.3) is 0 Å². The van der Waals surface area contributed by atoms with Gasteiger partial charge in [0.05, 0.1) is 12.2 Å². The van der Waals surface area contributed by atoms with Crippen LogP contribution >= 0.6 is 24.0 Å². The molecule has 1 aliphatic rings. The maximum absolute atomic E-state index is 4.84. The maximum atomic E-state index is 4.84.